The van der Waals surface area contributed by atoms with Crippen molar-refractivity contribution in [1.82, 2.24) is 4.98 Å². The van der Waals surface area contributed by atoms with Gasteiger partial charge in [0.2, 0.25) is 0 Å². The lowest BCUT2D eigenvalue weighted by molar-refractivity contribution is -0.137. The number of aromatic nitrogens is 1. The number of hydrogen-bond donors (Lipinski definition) is 3. The molecule has 4 N–H and O–H groups in total. The molecule has 0 amide bonds. The molecule has 0 fully saturated rings. The minimum Gasteiger partial charge on any atom is -0.366 e. The third-order valence-electron chi connectivity index (χ3n) is 3.24. The van der Waals surface area contributed by atoms with Crippen LogP contribution < -0.4 is 16.4 Å². The second-order valence-corrected chi connectivity index (χ2v) is 5.30. The van der Waals surface area contributed by atoms with E-state index in [0.717, 1.165) is 18.2 Å². The summed E-state index contributed by atoms with van der Waals surface area (Å²) in [7, 11) is 0. The predicted octanol–water partition coefficient (Wildman–Crippen LogP) is 3.47. The lowest BCUT2D eigenvalue weighted by Crippen LogP contribution is -2.15. The van der Waals surface area contributed by atoms with E-state index in [1.807, 2.05) is 0 Å². The number of nitrogens with two attached hydrogens (primary N) is 1. The van der Waals surface area contributed by atoms with E-state index in [2.05, 4.69) is 15.6 Å². The van der Waals surface area contributed by atoms with Gasteiger partial charge in [0, 0.05) is 18.8 Å². The van der Waals surface area contributed by atoms with Gasteiger partial charge >= 0.3 is 6.18 Å². The van der Waals surface area contributed by atoms with Gasteiger partial charge in [-0.3, -0.25) is 4.79 Å². The first-order valence-electron chi connectivity index (χ1n) is 7.30. The summed E-state index contributed by atoms with van der Waals surface area (Å²) in [6.45, 7) is 1.98. The molecule has 0 atom stereocenters. The average Bonchev–Trinajstić information content (AvgIpc) is 2.53. The molecule has 0 bridgehead atoms. The summed E-state index contributed by atoms with van der Waals surface area (Å²) in [5.41, 5.74) is 4.82. The van der Waals surface area contributed by atoms with Crippen molar-refractivity contribution < 1.29 is 22.4 Å². The van der Waals surface area contributed by atoms with Crippen LogP contribution in [-0.4, -0.2) is 24.4 Å². The Hall–Kier alpha value is -2.68. The molecule has 0 aliphatic carbocycles. The summed E-state index contributed by atoms with van der Waals surface area (Å²) >= 11 is 0. The maximum atomic E-state index is 13.9. The Morgan fingerprint density at radius 3 is 2.52 bits per heavy atom. The van der Waals surface area contributed by atoms with E-state index in [0.29, 0.717) is 11.8 Å². The molecule has 2 rings (SSSR count). The summed E-state index contributed by atoms with van der Waals surface area (Å²) in [6, 6.07) is 4.29. The second kappa shape index (κ2) is 7.47. The van der Waals surface area contributed by atoms with E-state index in [-0.39, 0.29) is 36.0 Å². The molecular weight excluding hydrogens is 340 g/mol. The van der Waals surface area contributed by atoms with Crippen LogP contribution in [0.2, 0.25) is 0 Å². The molecule has 1 heterocycles. The fourth-order valence-corrected chi connectivity index (χ4v) is 2.16. The van der Waals surface area contributed by atoms with Crippen molar-refractivity contribution in [3.63, 3.8) is 0 Å². The van der Waals surface area contributed by atoms with Gasteiger partial charge in [-0.05, 0) is 36.8 Å². The molecule has 1 aromatic heterocycles. The smallest absolute Gasteiger partial charge is 0.366 e. The first-order chi connectivity index (χ1) is 11.7. The molecule has 0 saturated heterocycles. The molecule has 2 aromatic rings. The van der Waals surface area contributed by atoms with Crippen LogP contribution in [0.15, 0.2) is 24.3 Å². The Morgan fingerprint density at radius 2 is 1.92 bits per heavy atom. The summed E-state index contributed by atoms with van der Waals surface area (Å²) in [5, 5.41) is 5.28. The number of aryl methyl sites for hydroxylation is 1. The highest BCUT2D eigenvalue weighted by Gasteiger charge is 2.31. The van der Waals surface area contributed by atoms with E-state index in [1.54, 1.807) is 0 Å². The third kappa shape index (κ3) is 4.66. The Kier molecular flexibility index (Phi) is 5.58. The Balaban J connectivity index is 2.42. The molecule has 9 heteroatoms. The van der Waals surface area contributed by atoms with Crippen molar-refractivity contribution in [3.8, 4) is 0 Å². The zero-order valence-electron chi connectivity index (χ0n) is 13.2. The van der Waals surface area contributed by atoms with Crippen molar-refractivity contribution in [2.45, 2.75) is 13.1 Å². The Labute approximate surface area is 141 Å². The van der Waals surface area contributed by atoms with E-state index >= 15 is 0 Å². The van der Waals surface area contributed by atoms with E-state index in [1.165, 1.54) is 13.0 Å². The standard InChI is InChI=1S/C16H16F4N4O/c1-9-4-11(16(18,19)20)7-12(5-9)23-14-10(8-25)6-13(17)15(24-14)22-3-2-21/h4-8H,2-3,21H2,1H3,(H2,22,23,24). The Morgan fingerprint density at radius 1 is 1.20 bits per heavy atom. The van der Waals surface area contributed by atoms with E-state index < -0.39 is 17.6 Å². The zero-order valence-corrected chi connectivity index (χ0v) is 13.2. The number of benzene rings is 1. The highest BCUT2D eigenvalue weighted by molar-refractivity contribution is 5.85. The number of alkyl halides is 3. The van der Waals surface area contributed by atoms with Crippen LogP contribution in [0.3, 0.4) is 0 Å². The van der Waals surface area contributed by atoms with E-state index in [4.69, 9.17) is 5.73 Å². The van der Waals surface area contributed by atoms with Crippen LogP contribution >= 0.6 is 0 Å². The van der Waals surface area contributed by atoms with Crippen LogP contribution in [0, 0.1) is 12.7 Å². The molecule has 0 spiro atoms. The minimum absolute atomic E-state index is 0.0605. The highest BCUT2D eigenvalue weighted by atomic mass is 19.4. The molecule has 25 heavy (non-hydrogen) atoms. The van der Waals surface area contributed by atoms with Crippen LogP contribution in [0.4, 0.5) is 34.9 Å². The normalized spacial score (nSPS) is 11.3. The molecule has 134 valence electrons. The summed E-state index contributed by atoms with van der Waals surface area (Å²) < 4.78 is 52.6. The topological polar surface area (TPSA) is 80.0 Å². The monoisotopic (exact) mass is 356 g/mol. The summed E-state index contributed by atoms with van der Waals surface area (Å²) in [4.78, 5) is 15.1. The van der Waals surface area contributed by atoms with Gasteiger partial charge in [0.15, 0.2) is 17.9 Å². The van der Waals surface area contributed by atoms with Gasteiger partial charge in [0.05, 0.1) is 11.1 Å². The van der Waals surface area contributed by atoms with Gasteiger partial charge in [0.25, 0.3) is 0 Å². The molecule has 0 saturated carbocycles. The SMILES string of the molecule is Cc1cc(Nc2nc(NCCN)c(F)cc2C=O)cc(C(F)(F)F)c1. The molecule has 5 nitrogen and oxygen atoms in total. The fourth-order valence-electron chi connectivity index (χ4n) is 2.16. The van der Waals surface area contributed by atoms with Gasteiger partial charge in [-0.1, -0.05) is 0 Å². The minimum atomic E-state index is -4.51. The van der Waals surface area contributed by atoms with Gasteiger partial charge in [0.1, 0.15) is 5.82 Å². The zero-order chi connectivity index (χ0) is 18.6. The van der Waals surface area contributed by atoms with E-state index in [9.17, 15) is 22.4 Å². The summed E-state index contributed by atoms with van der Waals surface area (Å²) in [6.07, 6.45) is -4.15. The van der Waals surface area contributed by atoms with Crippen molar-refractivity contribution in [1.29, 1.82) is 0 Å². The van der Waals surface area contributed by atoms with Gasteiger partial charge in [-0.25, -0.2) is 9.37 Å². The molecule has 0 unspecified atom stereocenters. The first kappa shape index (κ1) is 18.7. The van der Waals surface area contributed by atoms with Crippen LogP contribution in [0.5, 0.6) is 0 Å². The number of hydrogen-bond acceptors (Lipinski definition) is 5. The van der Waals surface area contributed by atoms with Crippen LogP contribution in [-0.2, 0) is 6.18 Å². The molecule has 1 aromatic carbocycles. The van der Waals surface area contributed by atoms with Gasteiger partial charge < -0.3 is 16.4 Å². The highest BCUT2D eigenvalue weighted by Crippen LogP contribution is 2.33. The maximum Gasteiger partial charge on any atom is 0.416 e. The maximum absolute atomic E-state index is 13.9. The van der Waals surface area contributed by atoms with Crippen molar-refractivity contribution >= 4 is 23.6 Å². The largest absolute Gasteiger partial charge is 0.416 e. The fraction of sp³-hybridized carbons (Fsp3) is 0.250. The molecular formula is C16H16F4N4O. The van der Waals surface area contributed by atoms with Crippen molar-refractivity contribution in [2.24, 2.45) is 5.73 Å². The van der Waals surface area contributed by atoms with Crippen molar-refractivity contribution in [3.05, 3.63) is 46.8 Å². The third-order valence-corrected chi connectivity index (χ3v) is 3.24. The molecule has 0 aliphatic heterocycles. The average molecular weight is 356 g/mol. The summed E-state index contributed by atoms with van der Waals surface area (Å²) in [5.74, 6) is -0.974. The number of nitrogens with one attached hydrogen (secondary N) is 2. The predicted molar refractivity (Wildman–Crippen MR) is 86.6 cm³/mol. The number of anilines is 3. The van der Waals surface area contributed by atoms with Crippen molar-refractivity contribution in [2.75, 3.05) is 23.7 Å². The number of halogens is 4. The molecule has 0 radical (unpaired) electrons. The lowest BCUT2D eigenvalue weighted by atomic mass is 10.1. The quantitative estimate of drug-likeness (QED) is 0.545. The molecule has 0 aliphatic rings. The number of rotatable bonds is 6. The van der Waals surface area contributed by atoms with Crippen LogP contribution in [0.1, 0.15) is 21.5 Å². The van der Waals surface area contributed by atoms with Gasteiger partial charge in [-0.2, -0.15) is 13.2 Å². The van der Waals surface area contributed by atoms with Crippen LogP contribution in [0.25, 0.3) is 0 Å². The lowest BCUT2D eigenvalue weighted by Gasteiger charge is -2.14. The number of carbonyl (C=O) groups excluding carboxylic acids is 1. The second-order valence-electron chi connectivity index (χ2n) is 5.30. The number of carbonyl (C=O) groups is 1. The number of aldehydes is 1. The van der Waals surface area contributed by atoms with Gasteiger partial charge in [-0.15, -0.1) is 0 Å². The number of pyridine rings is 1. The first-order valence-corrected chi connectivity index (χ1v) is 7.30. The Bertz CT molecular complexity index is 777. The number of nitrogens with zero attached hydrogens (tertiary/aromatic N) is 1.